The first-order valence-corrected chi connectivity index (χ1v) is 5.94. The maximum absolute atomic E-state index is 5.34. The average molecular weight is 246 g/mol. The van der Waals surface area contributed by atoms with E-state index in [1.807, 2.05) is 18.5 Å². The first-order valence-electron chi connectivity index (χ1n) is 5.94. The molecular weight excluding hydrogens is 228 g/mol. The number of nitrogens with zero attached hydrogens (tertiary/aromatic N) is 4. The Kier molecular flexibility index (Phi) is 3.29. The fourth-order valence-corrected chi connectivity index (χ4v) is 2.11. The van der Waals surface area contributed by atoms with Crippen molar-refractivity contribution in [3.63, 3.8) is 0 Å². The summed E-state index contributed by atoms with van der Waals surface area (Å²) in [6, 6.07) is 0. The van der Waals surface area contributed by atoms with Gasteiger partial charge in [-0.15, -0.1) is 0 Å². The van der Waals surface area contributed by atoms with Gasteiger partial charge in [0.1, 0.15) is 0 Å². The van der Waals surface area contributed by atoms with Gasteiger partial charge in [0.2, 0.25) is 5.95 Å². The minimum atomic E-state index is 0.390. The van der Waals surface area contributed by atoms with Crippen LogP contribution in [0.4, 0.5) is 5.95 Å². The Bertz CT molecular complexity index is 572. The molecule has 0 bridgehead atoms. The molecule has 0 aliphatic heterocycles. The van der Waals surface area contributed by atoms with Crippen molar-refractivity contribution < 1.29 is 0 Å². The third-order valence-corrected chi connectivity index (χ3v) is 3.07. The molecule has 0 saturated carbocycles. The van der Waals surface area contributed by atoms with Gasteiger partial charge in [0.15, 0.2) is 5.82 Å². The maximum Gasteiger partial charge on any atom is 0.239 e. The zero-order valence-corrected chi connectivity index (χ0v) is 11.2. The minimum Gasteiger partial charge on any atom is -0.292 e. The number of nitrogens with two attached hydrogens (primary N) is 1. The van der Waals surface area contributed by atoms with Crippen LogP contribution in [0.15, 0.2) is 6.20 Å². The summed E-state index contributed by atoms with van der Waals surface area (Å²) in [5.41, 5.74) is 6.82. The van der Waals surface area contributed by atoms with Crippen molar-refractivity contribution in [2.45, 2.75) is 34.1 Å². The van der Waals surface area contributed by atoms with Crippen LogP contribution >= 0.6 is 0 Å². The van der Waals surface area contributed by atoms with E-state index in [0.29, 0.717) is 5.95 Å². The molecule has 0 aliphatic rings. The second-order valence-electron chi connectivity index (χ2n) is 4.26. The number of hydrogen-bond donors (Lipinski definition) is 2. The van der Waals surface area contributed by atoms with Gasteiger partial charge in [0.25, 0.3) is 0 Å². The molecule has 6 nitrogen and oxygen atoms in total. The van der Waals surface area contributed by atoms with Crippen LogP contribution in [0.5, 0.6) is 0 Å². The van der Waals surface area contributed by atoms with E-state index in [1.54, 1.807) is 6.20 Å². The zero-order chi connectivity index (χ0) is 13.3. The first kappa shape index (κ1) is 12.5. The lowest BCUT2D eigenvalue weighted by Gasteiger charge is -2.08. The quantitative estimate of drug-likeness (QED) is 0.632. The molecule has 2 heterocycles. The SMILES string of the molecule is CCc1c(C)nn(-c2nc(NN)ncc2C)c1C. The van der Waals surface area contributed by atoms with Crippen molar-refractivity contribution in [1.29, 1.82) is 0 Å². The summed E-state index contributed by atoms with van der Waals surface area (Å²) in [4.78, 5) is 8.44. The number of aromatic nitrogens is 4. The normalized spacial score (nSPS) is 10.7. The number of nitrogens with one attached hydrogen (secondary N) is 1. The van der Waals surface area contributed by atoms with Crippen molar-refractivity contribution in [3.8, 4) is 5.82 Å². The number of nitrogen functional groups attached to an aromatic ring is 1. The molecule has 0 radical (unpaired) electrons. The van der Waals surface area contributed by atoms with E-state index >= 15 is 0 Å². The van der Waals surface area contributed by atoms with Crippen LogP contribution in [0, 0.1) is 20.8 Å². The van der Waals surface area contributed by atoms with E-state index in [-0.39, 0.29) is 0 Å². The predicted octanol–water partition coefficient (Wildman–Crippen LogP) is 1.44. The molecule has 0 saturated heterocycles. The van der Waals surface area contributed by atoms with Gasteiger partial charge < -0.3 is 0 Å². The van der Waals surface area contributed by atoms with Crippen LogP contribution < -0.4 is 11.3 Å². The van der Waals surface area contributed by atoms with Crippen LogP contribution in [-0.2, 0) is 6.42 Å². The van der Waals surface area contributed by atoms with Gasteiger partial charge in [-0.05, 0) is 32.8 Å². The molecule has 0 unspecified atom stereocenters. The largest absolute Gasteiger partial charge is 0.292 e. The molecule has 2 aromatic heterocycles. The number of aryl methyl sites for hydroxylation is 2. The average Bonchev–Trinajstić information content (AvgIpc) is 2.65. The standard InChI is InChI=1S/C12H18N6/c1-5-10-8(3)17-18(9(10)4)11-7(2)6-14-12(15-11)16-13/h6H,5,13H2,1-4H3,(H,14,15,16). The van der Waals surface area contributed by atoms with E-state index in [4.69, 9.17) is 5.84 Å². The van der Waals surface area contributed by atoms with Crippen LogP contribution in [-0.4, -0.2) is 19.7 Å². The lowest BCUT2D eigenvalue weighted by atomic mass is 10.1. The monoisotopic (exact) mass is 246 g/mol. The van der Waals surface area contributed by atoms with Gasteiger partial charge in [-0.1, -0.05) is 6.92 Å². The molecule has 2 rings (SSSR count). The fraction of sp³-hybridized carbons (Fsp3) is 0.417. The molecule has 0 fully saturated rings. The fourth-order valence-electron chi connectivity index (χ4n) is 2.11. The Morgan fingerprint density at radius 3 is 2.61 bits per heavy atom. The van der Waals surface area contributed by atoms with Crippen LogP contribution in [0.25, 0.3) is 5.82 Å². The highest BCUT2D eigenvalue weighted by Crippen LogP contribution is 2.19. The van der Waals surface area contributed by atoms with Crippen molar-refractivity contribution >= 4 is 5.95 Å². The lowest BCUT2D eigenvalue weighted by Crippen LogP contribution is -2.13. The van der Waals surface area contributed by atoms with Gasteiger partial charge >= 0.3 is 0 Å². The van der Waals surface area contributed by atoms with Gasteiger partial charge in [-0.25, -0.2) is 15.5 Å². The van der Waals surface area contributed by atoms with Crippen LogP contribution in [0.2, 0.25) is 0 Å². The van der Waals surface area contributed by atoms with Crippen LogP contribution in [0.3, 0.4) is 0 Å². The minimum absolute atomic E-state index is 0.390. The van der Waals surface area contributed by atoms with Crippen LogP contribution in [0.1, 0.15) is 29.4 Å². The Morgan fingerprint density at radius 1 is 1.33 bits per heavy atom. The molecule has 18 heavy (non-hydrogen) atoms. The smallest absolute Gasteiger partial charge is 0.239 e. The molecule has 3 N–H and O–H groups in total. The topological polar surface area (TPSA) is 81.7 Å². The third-order valence-electron chi connectivity index (χ3n) is 3.07. The Labute approximate surface area is 106 Å². The third kappa shape index (κ3) is 1.95. The van der Waals surface area contributed by atoms with E-state index in [9.17, 15) is 0 Å². The van der Waals surface area contributed by atoms with Crippen molar-refractivity contribution in [2.24, 2.45) is 5.84 Å². The summed E-state index contributed by atoms with van der Waals surface area (Å²) in [7, 11) is 0. The number of hydrazine groups is 1. The summed E-state index contributed by atoms with van der Waals surface area (Å²) in [5, 5.41) is 4.55. The van der Waals surface area contributed by atoms with Gasteiger partial charge in [-0.2, -0.15) is 10.1 Å². The summed E-state index contributed by atoms with van der Waals surface area (Å²) < 4.78 is 1.85. The van der Waals surface area contributed by atoms with Gasteiger partial charge in [0, 0.05) is 17.5 Å². The molecule has 0 aromatic carbocycles. The van der Waals surface area contributed by atoms with Gasteiger partial charge in [-0.3, -0.25) is 5.43 Å². The molecule has 0 amide bonds. The van der Waals surface area contributed by atoms with E-state index in [2.05, 4.69) is 34.3 Å². The van der Waals surface area contributed by atoms with Crippen molar-refractivity contribution in [1.82, 2.24) is 19.7 Å². The second kappa shape index (κ2) is 4.73. The zero-order valence-electron chi connectivity index (χ0n) is 11.2. The lowest BCUT2D eigenvalue weighted by molar-refractivity contribution is 0.792. The molecule has 2 aromatic rings. The summed E-state index contributed by atoms with van der Waals surface area (Å²) in [5.74, 6) is 6.49. The summed E-state index contributed by atoms with van der Waals surface area (Å²) in [6.45, 7) is 8.15. The van der Waals surface area contributed by atoms with Gasteiger partial charge in [0.05, 0.1) is 5.69 Å². The Hall–Kier alpha value is -1.95. The number of anilines is 1. The molecule has 0 spiro atoms. The highest BCUT2D eigenvalue weighted by atomic mass is 15.4. The Balaban J connectivity index is 2.61. The highest BCUT2D eigenvalue weighted by Gasteiger charge is 2.14. The number of hydrogen-bond acceptors (Lipinski definition) is 5. The van der Waals surface area contributed by atoms with E-state index < -0.39 is 0 Å². The molecule has 6 heteroatoms. The van der Waals surface area contributed by atoms with Crippen molar-refractivity contribution in [2.75, 3.05) is 5.43 Å². The Morgan fingerprint density at radius 2 is 2.06 bits per heavy atom. The second-order valence-corrected chi connectivity index (χ2v) is 4.26. The number of rotatable bonds is 3. The predicted molar refractivity (Wildman–Crippen MR) is 70.6 cm³/mol. The first-order chi connectivity index (χ1) is 8.58. The summed E-state index contributed by atoms with van der Waals surface area (Å²) >= 11 is 0. The van der Waals surface area contributed by atoms with Crippen molar-refractivity contribution in [3.05, 3.63) is 28.7 Å². The molecule has 0 atom stereocenters. The maximum atomic E-state index is 5.34. The van der Waals surface area contributed by atoms with E-state index in [0.717, 1.165) is 29.2 Å². The molecule has 0 aliphatic carbocycles. The van der Waals surface area contributed by atoms with E-state index in [1.165, 1.54) is 5.56 Å². The molecular formula is C12H18N6. The highest BCUT2D eigenvalue weighted by molar-refractivity contribution is 5.40. The summed E-state index contributed by atoms with van der Waals surface area (Å²) in [6.07, 6.45) is 2.70. The molecule has 96 valence electrons.